The van der Waals surface area contributed by atoms with Crippen LogP contribution in [0.2, 0.25) is 0 Å². The molecule has 1 saturated heterocycles. The Balaban J connectivity index is 1.81. The fourth-order valence-electron chi connectivity index (χ4n) is 2.14. The van der Waals surface area contributed by atoms with Crippen LogP contribution in [0.15, 0.2) is 22.8 Å². The van der Waals surface area contributed by atoms with Crippen molar-refractivity contribution in [1.29, 1.82) is 0 Å². The summed E-state index contributed by atoms with van der Waals surface area (Å²) in [5.41, 5.74) is 0. The molecule has 18 heavy (non-hydrogen) atoms. The van der Waals surface area contributed by atoms with E-state index in [0.29, 0.717) is 12.0 Å². The molecule has 1 aliphatic heterocycles. The lowest BCUT2D eigenvalue weighted by Crippen LogP contribution is -2.37. The molecule has 0 atom stereocenters. The number of ether oxygens (including phenoxy) is 1. The first-order valence-corrected chi connectivity index (χ1v) is 7.42. The van der Waals surface area contributed by atoms with Gasteiger partial charge in [0.1, 0.15) is 5.82 Å². The van der Waals surface area contributed by atoms with Crippen molar-refractivity contribution in [1.82, 2.24) is 4.98 Å². The lowest BCUT2D eigenvalue weighted by molar-refractivity contribution is 0.0214. The van der Waals surface area contributed by atoms with E-state index in [-0.39, 0.29) is 0 Å². The maximum atomic E-state index is 5.89. The van der Waals surface area contributed by atoms with Crippen molar-refractivity contribution in [2.45, 2.75) is 32.8 Å². The Morgan fingerprint density at radius 1 is 1.39 bits per heavy atom. The maximum Gasteiger partial charge on any atom is 0.128 e. The van der Waals surface area contributed by atoms with Crippen molar-refractivity contribution in [3.05, 3.63) is 22.8 Å². The normalized spacial score (nSPS) is 17.4. The van der Waals surface area contributed by atoms with Crippen molar-refractivity contribution >= 4 is 21.7 Å². The molecule has 0 amide bonds. The molecule has 0 radical (unpaired) electrons. The van der Waals surface area contributed by atoms with E-state index in [1.54, 1.807) is 0 Å². The van der Waals surface area contributed by atoms with Gasteiger partial charge in [-0.2, -0.15) is 0 Å². The monoisotopic (exact) mass is 312 g/mol. The van der Waals surface area contributed by atoms with Crippen LogP contribution in [0, 0.1) is 5.92 Å². The highest BCUT2D eigenvalue weighted by Crippen LogP contribution is 2.21. The number of anilines is 1. The molecule has 0 N–H and O–H groups in total. The number of pyridine rings is 1. The van der Waals surface area contributed by atoms with E-state index in [1.165, 1.54) is 0 Å². The summed E-state index contributed by atoms with van der Waals surface area (Å²) in [6, 6.07) is 4.11. The molecular weight excluding hydrogens is 292 g/mol. The predicted octanol–water partition coefficient (Wildman–Crippen LogP) is 3.49. The number of nitrogens with zero attached hydrogens (tertiary/aromatic N) is 2. The number of rotatable bonds is 4. The minimum atomic E-state index is 0.430. The Hall–Kier alpha value is -0.610. The van der Waals surface area contributed by atoms with Gasteiger partial charge in [0, 0.05) is 30.4 Å². The zero-order chi connectivity index (χ0) is 13.0. The van der Waals surface area contributed by atoms with Crippen molar-refractivity contribution < 1.29 is 4.74 Å². The zero-order valence-corrected chi connectivity index (χ0v) is 12.7. The molecule has 3 nitrogen and oxygen atoms in total. The Bertz CT molecular complexity index is 359. The number of hydrogen-bond donors (Lipinski definition) is 0. The highest BCUT2D eigenvalue weighted by Gasteiger charge is 2.20. The van der Waals surface area contributed by atoms with Crippen LogP contribution in [0.3, 0.4) is 0 Å². The molecule has 0 aliphatic carbocycles. The first-order chi connectivity index (χ1) is 8.65. The minimum absolute atomic E-state index is 0.430. The van der Waals surface area contributed by atoms with Crippen LogP contribution in [0.25, 0.3) is 0 Å². The highest BCUT2D eigenvalue weighted by molar-refractivity contribution is 9.10. The molecule has 100 valence electrons. The molecule has 2 heterocycles. The van der Waals surface area contributed by atoms with Crippen LogP contribution >= 0.6 is 15.9 Å². The van der Waals surface area contributed by atoms with Crippen molar-refractivity contribution in [3.63, 3.8) is 0 Å². The van der Waals surface area contributed by atoms with Gasteiger partial charge in [-0.15, -0.1) is 0 Å². The van der Waals surface area contributed by atoms with E-state index < -0.39 is 0 Å². The van der Waals surface area contributed by atoms with Gasteiger partial charge in [0.15, 0.2) is 0 Å². The molecule has 1 fully saturated rings. The summed E-state index contributed by atoms with van der Waals surface area (Å²) in [6.07, 6.45) is 4.49. The van der Waals surface area contributed by atoms with E-state index in [2.05, 4.69) is 45.7 Å². The standard InChI is InChI=1S/C14H21BrN2O/c1-11(2)10-18-13-5-7-17(8-6-13)14-4-3-12(15)9-16-14/h3-4,9,11,13H,5-8,10H2,1-2H3. The van der Waals surface area contributed by atoms with Gasteiger partial charge in [0.05, 0.1) is 6.10 Å². The molecule has 1 aliphatic rings. The third kappa shape index (κ3) is 3.95. The molecule has 1 aromatic heterocycles. The summed E-state index contributed by atoms with van der Waals surface area (Å²) in [6.45, 7) is 7.34. The third-order valence-electron chi connectivity index (χ3n) is 3.14. The van der Waals surface area contributed by atoms with E-state index in [0.717, 1.165) is 42.8 Å². The number of halogens is 1. The Kier molecular flexibility index (Phi) is 5.01. The number of piperidine rings is 1. The molecular formula is C14H21BrN2O. The van der Waals surface area contributed by atoms with E-state index >= 15 is 0 Å². The van der Waals surface area contributed by atoms with Gasteiger partial charge in [0.25, 0.3) is 0 Å². The second-order valence-electron chi connectivity index (χ2n) is 5.25. The Morgan fingerprint density at radius 3 is 2.67 bits per heavy atom. The Labute approximate surface area is 118 Å². The average Bonchev–Trinajstić information content (AvgIpc) is 2.38. The third-order valence-corrected chi connectivity index (χ3v) is 3.61. The molecule has 1 aromatic rings. The van der Waals surface area contributed by atoms with Gasteiger partial charge in [-0.05, 0) is 46.8 Å². The van der Waals surface area contributed by atoms with Crippen LogP contribution in [-0.2, 0) is 4.74 Å². The van der Waals surface area contributed by atoms with Crippen LogP contribution in [0.4, 0.5) is 5.82 Å². The molecule has 0 unspecified atom stereocenters. The zero-order valence-electron chi connectivity index (χ0n) is 11.1. The summed E-state index contributed by atoms with van der Waals surface area (Å²) in [4.78, 5) is 6.77. The molecule has 0 saturated carbocycles. The first-order valence-electron chi connectivity index (χ1n) is 6.63. The van der Waals surface area contributed by atoms with Crippen molar-refractivity contribution in [2.75, 3.05) is 24.6 Å². The summed E-state index contributed by atoms with van der Waals surface area (Å²) < 4.78 is 6.92. The van der Waals surface area contributed by atoms with Gasteiger partial charge in [-0.3, -0.25) is 0 Å². The van der Waals surface area contributed by atoms with Crippen molar-refractivity contribution in [2.24, 2.45) is 5.92 Å². The largest absolute Gasteiger partial charge is 0.378 e. The lowest BCUT2D eigenvalue weighted by atomic mass is 10.1. The highest BCUT2D eigenvalue weighted by atomic mass is 79.9. The SMILES string of the molecule is CC(C)COC1CCN(c2ccc(Br)cn2)CC1. The van der Waals surface area contributed by atoms with Gasteiger partial charge >= 0.3 is 0 Å². The first kappa shape index (κ1) is 13.8. The molecule has 0 spiro atoms. The summed E-state index contributed by atoms with van der Waals surface area (Å²) >= 11 is 3.41. The number of aromatic nitrogens is 1. The fourth-order valence-corrected chi connectivity index (χ4v) is 2.37. The van der Waals surface area contributed by atoms with Gasteiger partial charge in [-0.1, -0.05) is 13.8 Å². The van der Waals surface area contributed by atoms with Crippen LogP contribution in [0.5, 0.6) is 0 Å². The van der Waals surface area contributed by atoms with Crippen LogP contribution < -0.4 is 4.90 Å². The summed E-state index contributed by atoms with van der Waals surface area (Å²) in [5.74, 6) is 1.69. The lowest BCUT2D eigenvalue weighted by Gasteiger charge is -2.33. The average molecular weight is 313 g/mol. The van der Waals surface area contributed by atoms with E-state index in [1.807, 2.05) is 12.3 Å². The van der Waals surface area contributed by atoms with Gasteiger partial charge in [0.2, 0.25) is 0 Å². The summed E-state index contributed by atoms with van der Waals surface area (Å²) in [7, 11) is 0. The van der Waals surface area contributed by atoms with Gasteiger partial charge < -0.3 is 9.64 Å². The molecule has 4 heteroatoms. The van der Waals surface area contributed by atoms with Gasteiger partial charge in [-0.25, -0.2) is 4.98 Å². The Morgan fingerprint density at radius 2 is 2.11 bits per heavy atom. The summed E-state index contributed by atoms with van der Waals surface area (Å²) in [5, 5.41) is 0. The predicted molar refractivity (Wildman–Crippen MR) is 78.0 cm³/mol. The molecule has 2 rings (SSSR count). The second-order valence-corrected chi connectivity index (χ2v) is 6.16. The fraction of sp³-hybridized carbons (Fsp3) is 0.643. The van der Waals surface area contributed by atoms with Crippen LogP contribution in [0.1, 0.15) is 26.7 Å². The maximum absolute atomic E-state index is 5.89. The number of hydrogen-bond acceptors (Lipinski definition) is 3. The quantitative estimate of drug-likeness (QED) is 0.851. The van der Waals surface area contributed by atoms with E-state index in [4.69, 9.17) is 4.74 Å². The smallest absolute Gasteiger partial charge is 0.128 e. The minimum Gasteiger partial charge on any atom is -0.378 e. The topological polar surface area (TPSA) is 25.4 Å². The molecule has 0 bridgehead atoms. The van der Waals surface area contributed by atoms with E-state index in [9.17, 15) is 0 Å². The second kappa shape index (κ2) is 6.53. The van der Waals surface area contributed by atoms with Crippen molar-refractivity contribution in [3.8, 4) is 0 Å². The molecule has 0 aromatic carbocycles. The van der Waals surface area contributed by atoms with Crippen LogP contribution in [-0.4, -0.2) is 30.8 Å².